The smallest absolute Gasteiger partial charge is 0.217 e. The first kappa shape index (κ1) is 13.5. The molecule has 4 nitrogen and oxygen atoms in total. The molecule has 0 spiro atoms. The van der Waals surface area contributed by atoms with Gasteiger partial charge in [0.05, 0.1) is 6.04 Å². The molecule has 1 aromatic rings. The lowest BCUT2D eigenvalue weighted by Gasteiger charge is -2.27. The summed E-state index contributed by atoms with van der Waals surface area (Å²) in [6.45, 7) is 3.22. The van der Waals surface area contributed by atoms with Crippen LogP contribution in [0.2, 0.25) is 0 Å². The van der Waals surface area contributed by atoms with E-state index < -0.39 is 6.04 Å². The van der Waals surface area contributed by atoms with Gasteiger partial charge in [0.15, 0.2) is 5.78 Å². The zero-order valence-electron chi connectivity index (χ0n) is 11.0. The van der Waals surface area contributed by atoms with Crippen molar-refractivity contribution >= 4 is 17.4 Å². The lowest BCUT2D eigenvalue weighted by Crippen LogP contribution is -2.43. The number of rotatable bonds is 2. The fourth-order valence-electron chi connectivity index (χ4n) is 2.69. The van der Waals surface area contributed by atoms with E-state index in [4.69, 9.17) is 5.73 Å². The van der Waals surface area contributed by atoms with Crippen LogP contribution < -0.4 is 11.1 Å². The molecule has 5 heteroatoms. The number of fused-ring (bicyclic) bond motifs is 1. The Bertz CT molecular complexity index is 555. The number of hydrogen-bond acceptors (Lipinski definition) is 3. The molecule has 0 aromatic heterocycles. The molecular weight excluding hydrogens is 247 g/mol. The zero-order chi connectivity index (χ0) is 14.2. The van der Waals surface area contributed by atoms with Crippen molar-refractivity contribution in [3.63, 3.8) is 0 Å². The van der Waals surface area contributed by atoms with E-state index in [0.717, 1.165) is 0 Å². The Morgan fingerprint density at radius 2 is 2.26 bits per heavy atom. The Morgan fingerprint density at radius 1 is 1.58 bits per heavy atom. The fourth-order valence-corrected chi connectivity index (χ4v) is 2.69. The molecule has 0 radical (unpaired) electrons. The van der Waals surface area contributed by atoms with Crippen LogP contribution >= 0.6 is 0 Å². The minimum absolute atomic E-state index is 0.157. The third kappa shape index (κ3) is 2.32. The summed E-state index contributed by atoms with van der Waals surface area (Å²) < 4.78 is 13.8. The van der Waals surface area contributed by atoms with Crippen molar-refractivity contribution in [2.45, 2.75) is 39.2 Å². The Labute approximate surface area is 111 Å². The molecule has 1 aliphatic rings. The van der Waals surface area contributed by atoms with Crippen molar-refractivity contribution < 1.29 is 14.0 Å². The number of ketones is 1. The van der Waals surface area contributed by atoms with Crippen LogP contribution in [0.25, 0.3) is 0 Å². The molecule has 0 heterocycles. The number of nitrogen functional groups attached to an aromatic ring is 1. The largest absolute Gasteiger partial charge is 0.398 e. The lowest BCUT2D eigenvalue weighted by atomic mass is 9.82. The molecule has 0 fully saturated rings. The Kier molecular flexibility index (Phi) is 3.55. The topological polar surface area (TPSA) is 72.2 Å². The highest BCUT2D eigenvalue weighted by Gasteiger charge is 2.32. The highest BCUT2D eigenvalue weighted by Crippen LogP contribution is 2.31. The second-order valence-corrected chi connectivity index (χ2v) is 4.79. The van der Waals surface area contributed by atoms with Crippen LogP contribution in [0.5, 0.6) is 0 Å². The maximum Gasteiger partial charge on any atom is 0.217 e. The molecular formula is C14H17FN2O2. The third-order valence-electron chi connectivity index (χ3n) is 3.50. The number of benzene rings is 1. The molecule has 2 rings (SSSR count). The van der Waals surface area contributed by atoms with Crippen molar-refractivity contribution in [1.82, 2.24) is 5.32 Å². The van der Waals surface area contributed by atoms with Gasteiger partial charge in [-0.15, -0.1) is 0 Å². The number of nitrogens with one attached hydrogen (secondary N) is 1. The van der Waals surface area contributed by atoms with Crippen molar-refractivity contribution in [3.05, 3.63) is 28.6 Å². The van der Waals surface area contributed by atoms with Gasteiger partial charge in [-0.3, -0.25) is 9.59 Å². The highest BCUT2D eigenvalue weighted by atomic mass is 19.1. The summed E-state index contributed by atoms with van der Waals surface area (Å²) in [5.41, 5.74) is 7.57. The standard InChI is InChI=1S/C14H17FN2O2/c1-3-8-9-4-5-12(17-7(2)18)14(19)13(9)11(16)6-10(8)15/h6,12H,3-5,16H2,1-2H3,(H,17,18). The number of carbonyl (C=O) groups excluding carboxylic acids is 2. The van der Waals surface area contributed by atoms with E-state index in [1.54, 1.807) is 0 Å². The summed E-state index contributed by atoms with van der Waals surface area (Å²) in [5.74, 6) is -0.827. The molecule has 1 unspecified atom stereocenters. The first-order valence-electron chi connectivity index (χ1n) is 6.36. The van der Waals surface area contributed by atoms with E-state index in [1.807, 2.05) is 6.92 Å². The van der Waals surface area contributed by atoms with Crippen LogP contribution in [-0.4, -0.2) is 17.7 Å². The van der Waals surface area contributed by atoms with Gasteiger partial charge in [-0.2, -0.15) is 0 Å². The lowest BCUT2D eigenvalue weighted by molar-refractivity contribution is -0.119. The summed E-state index contributed by atoms with van der Waals surface area (Å²) >= 11 is 0. The van der Waals surface area contributed by atoms with Crippen LogP contribution in [0.15, 0.2) is 6.07 Å². The summed E-state index contributed by atoms with van der Waals surface area (Å²) in [4.78, 5) is 23.4. The Balaban J connectivity index is 2.49. The van der Waals surface area contributed by atoms with E-state index in [0.29, 0.717) is 36.0 Å². The van der Waals surface area contributed by atoms with Crippen LogP contribution in [0, 0.1) is 5.82 Å². The second-order valence-electron chi connectivity index (χ2n) is 4.79. The minimum Gasteiger partial charge on any atom is -0.398 e. The Hall–Kier alpha value is -1.91. The first-order valence-corrected chi connectivity index (χ1v) is 6.36. The number of carbonyl (C=O) groups is 2. The molecule has 1 amide bonds. The normalized spacial score (nSPS) is 18.1. The van der Waals surface area contributed by atoms with Crippen LogP contribution in [0.4, 0.5) is 10.1 Å². The molecule has 0 saturated carbocycles. The predicted molar refractivity (Wildman–Crippen MR) is 70.4 cm³/mol. The Morgan fingerprint density at radius 3 is 2.84 bits per heavy atom. The maximum absolute atomic E-state index is 13.8. The molecule has 0 aliphatic heterocycles. The van der Waals surface area contributed by atoms with E-state index in [1.165, 1.54) is 13.0 Å². The van der Waals surface area contributed by atoms with Crippen molar-refractivity contribution in [2.24, 2.45) is 0 Å². The first-order chi connectivity index (χ1) is 8.95. The van der Waals surface area contributed by atoms with E-state index >= 15 is 0 Å². The molecule has 0 bridgehead atoms. The second kappa shape index (κ2) is 4.99. The molecule has 0 saturated heterocycles. The molecule has 1 aliphatic carbocycles. The van der Waals surface area contributed by atoms with Gasteiger partial charge in [0, 0.05) is 18.2 Å². The summed E-state index contributed by atoms with van der Waals surface area (Å²) in [5, 5.41) is 2.61. The average Bonchev–Trinajstić information content (AvgIpc) is 2.32. The van der Waals surface area contributed by atoms with E-state index in [2.05, 4.69) is 5.32 Å². The fraction of sp³-hybridized carbons (Fsp3) is 0.429. The van der Waals surface area contributed by atoms with Crippen LogP contribution in [0.1, 0.15) is 41.8 Å². The maximum atomic E-state index is 13.8. The van der Waals surface area contributed by atoms with Gasteiger partial charge >= 0.3 is 0 Å². The van der Waals surface area contributed by atoms with Gasteiger partial charge in [-0.05, 0) is 36.5 Å². The van der Waals surface area contributed by atoms with Crippen molar-refractivity contribution in [2.75, 3.05) is 5.73 Å². The molecule has 1 aromatic carbocycles. The number of nitrogens with two attached hydrogens (primary N) is 1. The quantitative estimate of drug-likeness (QED) is 0.797. The molecule has 3 N–H and O–H groups in total. The van der Waals surface area contributed by atoms with Crippen LogP contribution in [0.3, 0.4) is 0 Å². The van der Waals surface area contributed by atoms with Crippen LogP contribution in [-0.2, 0) is 17.6 Å². The number of Topliss-reactive ketones (excluding diaryl/α,β-unsaturated/α-hetero) is 1. The number of amides is 1. The van der Waals surface area contributed by atoms with Crippen molar-refractivity contribution in [1.29, 1.82) is 0 Å². The number of hydrogen-bond donors (Lipinski definition) is 2. The molecule has 1 atom stereocenters. The molecule has 19 heavy (non-hydrogen) atoms. The summed E-state index contributed by atoms with van der Waals surface area (Å²) in [6, 6.07) is 0.647. The molecule has 102 valence electrons. The average molecular weight is 264 g/mol. The van der Waals surface area contributed by atoms with E-state index in [9.17, 15) is 14.0 Å². The van der Waals surface area contributed by atoms with Gasteiger partial charge in [0.1, 0.15) is 5.82 Å². The van der Waals surface area contributed by atoms with Gasteiger partial charge in [-0.1, -0.05) is 6.92 Å². The summed E-state index contributed by atoms with van der Waals surface area (Å²) in [7, 11) is 0. The number of halogens is 1. The van der Waals surface area contributed by atoms with E-state index in [-0.39, 0.29) is 23.2 Å². The van der Waals surface area contributed by atoms with Gasteiger partial charge in [0.25, 0.3) is 0 Å². The minimum atomic E-state index is -0.553. The van der Waals surface area contributed by atoms with Gasteiger partial charge in [0.2, 0.25) is 5.91 Å². The monoisotopic (exact) mass is 264 g/mol. The van der Waals surface area contributed by atoms with Gasteiger partial charge in [-0.25, -0.2) is 4.39 Å². The van der Waals surface area contributed by atoms with Gasteiger partial charge < -0.3 is 11.1 Å². The number of anilines is 1. The highest BCUT2D eigenvalue weighted by molar-refractivity contribution is 6.07. The van der Waals surface area contributed by atoms with Crippen molar-refractivity contribution in [3.8, 4) is 0 Å². The predicted octanol–water partition coefficient (Wildman–Crippen LogP) is 1.60. The summed E-state index contributed by atoms with van der Waals surface area (Å²) in [6.07, 6.45) is 1.56. The zero-order valence-corrected chi connectivity index (χ0v) is 11.0. The third-order valence-corrected chi connectivity index (χ3v) is 3.50. The SMILES string of the molecule is CCc1c(F)cc(N)c2c1CCC(NC(C)=O)C2=O.